The van der Waals surface area contributed by atoms with Crippen molar-refractivity contribution in [2.24, 2.45) is 0 Å². The Hall–Kier alpha value is -1.36. The lowest BCUT2D eigenvalue weighted by molar-refractivity contribution is 1.47. The Bertz CT molecular complexity index is 193. The normalized spacial score (nSPS) is 8.89. The van der Waals surface area contributed by atoms with Gasteiger partial charge in [0.25, 0.3) is 0 Å². The van der Waals surface area contributed by atoms with Gasteiger partial charge in [-0.05, 0) is 6.92 Å². The van der Waals surface area contributed by atoms with Crippen LogP contribution in [0.1, 0.15) is 6.92 Å². The van der Waals surface area contributed by atoms with E-state index in [-0.39, 0.29) is 5.71 Å². The monoisotopic (exact) mass is 120 g/mol. The number of rotatable bonds is 2. The smallest absolute Gasteiger partial charge is 0.138 e. The van der Waals surface area contributed by atoms with E-state index in [4.69, 9.17) is 10.7 Å². The highest BCUT2D eigenvalue weighted by Gasteiger charge is 1.92. The highest BCUT2D eigenvalue weighted by atomic mass is 14.4. The summed E-state index contributed by atoms with van der Waals surface area (Å²) >= 11 is 0. The van der Waals surface area contributed by atoms with Crippen molar-refractivity contribution in [2.75, 3.05) is 0 Å². The van der Waals surface area contributed by atoms with E-state index in [1.807, 2.05) is 6.92 Å². The van der Waals surface area contributed by atoms with Crippen molar-refractivity contribution in [3.05, 3.63) is 24.3 Å². The first-order valence-corrected chi connectivity index (χ1v) is 2.53. The van der Waals surface area contributed by atoms with Crippen LogP contribution in [0.15, 0.2) is 24.3 Å². The average molecular weight is 120 g/mol. The van der Waals surface area contributed by atoms with E-state index in [0.29, 0.717) is 5.57 Å². The molecule has 0 bridgehead atoms. The van der Waals surface area contributed by atoms with Gasteiger partial charge in [-0.2, -0.15) is 5.26 Å². The third-order valence-electron chi connectivity index (χ3n) is 0.801. The van der Waals surface area contributed by atoms with Gasteiger partial charge >= 0.3 is 0 Å². The second kappa shape index (κ2) is 3.62. The fourth-order valence-corrected chi connectivity index (χ4v) is 0.356. The second-order valence-electron chi connectivity index (χ2n) is 1.51. The first-order chi connectivity index (χ1) is 4.22. The molecule has 2 heteroatoms. The predicted molar refractivity (Wildman–Crippen MR) is 37.3 cm³/mol. The summed E-state index contributed by atoms with van der Waals surface area (Å²) in [6, 6.07) is 1.68. The maximum Gasteiger partial charge on any atom is 0.138 e. The minimum Gasteiger partial charge on any atom is -0.290 e. The van der Waals surface area contributed by atoms with Gasteiger partial charge < -0.3 is 0 Å². The Labute approximate surface area is 54.6 Å². The molecule has 0 heterocycles. The van der Waals surface area contributed by atoms with Crippen LogP contribution in [0.2, 0.25) is 0 Å². The van der Waals surface area contributed by atoms with Gasteiger partial charge in [0.05, 0.1) is 0 Å². The van der Waals surface area contributed by atoms with Crippen molar-refractivity contribution in [3.63, 3.8) is 0 Å². The van der Waals surface area contributed by atoms with E-state index in [0.717, 1.165) is 0 Å². The van der Waals surface area contributed by atoms with Crippen LogP contribution in [0.4, 0.5) is 0 Å². The molecule has 0 aliphatic rings. The first kappa shape index (κ1) is 7.64. The predicted octanol–water partition coefficient (Wildman–Crippen LogP) is 1.66. The zero-order valence-electron chi connectivity index (χ0n) is 5.31. The summed E-state index contributed by atoms with van der Waals surface area (Å²) < 4.78 is 0. The molecule has 0 aromatic carbocycles. The van der Waals surface area contributed by atoms with Gasteiger partial charge in [0.2, 0.25) is 0 Å². The van der Waals surface area contributed by atoms with Crippen LogP contribution >= 0.6 is 0 Å². The van der Waals surface area contributed by atoms with E-state index < -0.39 is 0 Å². The van der Waals surface area contributed by atoms with E-state index in [1.165, 1.54) is 0 Å². The van der Waals surface area contributed by atoms with Crippen LogP contribution in [0.5, 0.6) is 0 Å². The van der Waals surface area contributed by atoms with Crippen molar-refractivity contribution >= 4 is 5.71 Å². The summed E-state index contributed by atoms with van der Waals surface area (Å²) in [4.78, 5) is 0. The summed E-state index contributed by atoms with van der Waals surface area (Å²) in [5, 5.41) is 15.1. The van der Waals surface area contributed by atoms with Crippen LogP contribution in [-0.2, 0) is 0 Å². The number of allylic oxidation sites excluding steroid dienone is 3. The molecule has 46 valence electrons. The third-order valence-corrected chi connectivity index (χ3v) is 0.801. The molecule has 0 aromatic heterocycles. The van der Waals surface area contributed by atoms with Crippen molar-refractivity contribution in [1.82, 2.24) is 0 Å². The van der Waals surface area contributed by atoms with Gasteiger partial charge in [-0.1, -0.05) is 18.7 Å². The quantitative estimate of drug-likeness (QED) is 0.437. The number of nitriles is 1. The van der Waals surface area contributed by atoms with Crippen molar-refractivity contribution in [3.8, 4) is 6.07 Å². The second-order valence-corrected chi connectivity index (χ2v) is 1.51. The zero-order valence-corrected chi connectivity index (χ0v) is 5.31. The topological polar surface area (TPSA) is 47.6 Å². The molecule has 0 radical (unpaired) electrons. The molecule has 1 N–H and O–H groups in total. The molecule has 0 saturated carbocycles. The van der Waals surface area contributed by atoms with Gasteiger partial charge in [-0.15, -0.1) is 0 Å². The van der Waals surface area contributed by atoms with Gasteiger partial charge in [-0.3, -0.25) is 5.41 Å². The molecule has 2 nitrogen and oxygen atoms in total. The Balaban J connectivity index is 4.10. The number of hydrogen-bond donors (Lipinski definition) is 1. The molecule has 0 saturated heterocycles. The molecule has 0 unspecified atom stereocenters. The van der Waals surface area contributed by atoms with Crippen molar-refractivity contribution < 1.29 is 0 Å². The highest BCUT2D eigenvalue weighted by Crippen LogP contribution is 1.92. The van der Waals surface area contributed by atoms with Crippen molar-refractivity contribution in [2.45, 2.75) is 6.92 Å². The Morgan fingerprint density at radius 3 is 2.67 bits per heavy atom. The number of hydrogen-bond acceptors (Lipinski definition) is 2. The van der Waals surface area contributed by atoms with Crippen molar-refractivity contribution in [1.29, 1.82) is 10.7 Å². The molecule has 0 atom stereocenters. The maximum absolute atomic E-state index is 8.16. The molecule has 0 aromatic rings. The van der Waals surface area contributed by atoms with Crippen LogP contribution in [0, 0.1) is 16.7 Å². The fourth-order valence-electron chi connectivity index (χ4n) is 0.356. The summed E-state index contributed by atoms with van der Waals surface area (Å²) in [6.07, 6.45) is 3.37. The largest absolute Gasteiger partial charge is 0.290 e. The minimum atomic E-state index is -0.0758. The molecule has 0 aliphatic heterocycles. The van der Waals surface area contributed by atoms with Crippen LogP contribution < -0.4 is 0 Å². The van der Waals surface area contributed by atoms with E-state index in [2.05, 4.69) is 6.58 Å². The highest BCUT2D eigenvalue weighted by molar-refractivity contribution is 6.10. The molecule has 0 rings (SSSR count). The Kier molecular flexibility index (Phi) is 3.07. The summed E-state index contributed by atoms with van der Waals surface area (Å²) in [5.74, 6) is 0. The molecule has 0 spiro atoms. The fraction of sp³-hybridized carbons (Fsp3) is 0.143. The third kappa shape index (κ3) is 2.45. The Morgan fingerprint density at radius 2 is 2.33 bits per heavy atom. The molecular weight excluding hydrogens is 112 g/mol. The van der Waals surface area contributed by atoms with Gasteiger partial charge in [0, 0.05) is 5.57 Å². The summed E-state index contributed by atoms with van der Waals surface area (Å²) in [7, 11) is 0. The molecule has 9 heavy (non-hydrogen) atoms. The van der Waals surface area contributed by atoms with Gasteiger partial charge in [0.15, 0.2) is 0 Å². The molecule has 0 aliphatic carbocycles. The average Bonchev–Trinajstić information content (AvgIpc) is 1.87. The minimum absolute atomic E-state index is 0.0758. The molecular formula is C7H8N2. The van der Waals surface area contributed by atoms with Crippen LogP contribution in [-0.4, -0.2) is 5.71 Å². The summed E-state index contributed by atoms with van der Waals surface area (Å²) in [6.45, 7) is 5.30. The summed E-state index contributed by atoms with van der Waals surface area (Å²) in [5.41, 5.74) is 0.383. The van der Waals surface area contributed by atoms with Gasteiger partial charge in [-0.25, -0.2) is 0 Å². The molecule has 0 fully saturated rings. The lowest BCUT2D eigenvalue weighted by Gasteiger charge is -1.87. The van der Waals surface area contributed by atoms with Crippen LogP contribution in [0.25, 0.3) is 0 Å². The lowest BCUT2D eigenvalue weighted by atomic mass is 10.2. The first-order valence-electron chi connectivity index (χ1n) is 2.53. The van der Waals surface area contributed by atoms with E-state index in [9.17, 15) is 0 Å². The Morgan fingerprint density at radius 1 is 1.78 bits per heavy atom. The zero-order chi connectivity index (χ0) is 7.28. The molecule has 0 amide bonds. The SMILES string of the molecule is C=C(/C=C\C)C(=N)C#N. The maximum atomic E-state index is 8.16. The van der Waals surface area contributed by atoms with E-state index in [1.54, 1.807) is 18.2 Å². The lowest BCUT2D eigenvalue weighted by Crippen LogP contribution is -1.91. The number of nitrogens with one attached hydrogen (secondary N) is 1. The standard InChI is InChI=1S/C7H8N2/c1-3-4-6(2)7(9)5-8/h3-4,9H,2H2,1H3/b4-3-,9-7?. The number of nitrogens with zero attached hydrogens (tertiary/aromatic N) is 1. The van der Waals surface area contributed by atoms with E-state index >= 15 is 0 Å². The van der Waals surface area contributed by atoms with Crippen LogP contribution in [0.3, 0.4) is 0 Å². The van der Waals surface area contributed by atoms with Gasteiger partial charge in [0.1, 0.15) is 11.8 Å².